The molecule has 26 heavy (non-hydrogen) atoms. The predicted molar refractivity (Wildman–Crippen MR) is 93.6 cm³/mol. The van der Waals surface area contributed by atoms with Crippen molar-refractivity contribution in [2.45, 2.75) is 39.0 Å². The summed E-state index contributed by atoms with van der Waals surface area (Å²) in [6.07, 6.45) is 3.42. The van der Waals surface area contributed by atoms with Gasteiger partial charge in [0, 0.05) is 18.5 Å². The van der Waals surface area contributed by atoms with Crippen molar-refractivity contribution < 1.29 is 19.2 Å². The molecule has 0 aromatic heterocycles. The summed E-state index contributed by atoms with van der Waals surface area (Å²) in [7, 11) is 0. The molecule has 2 atom stereocenters. The number of rotatable bonds is 4. The second-order valence-corrected chi connectivity index (χ2v) is 6.89. The lowest BCUT2D eigenvalue weighted by Gasteiger charge is -2.19. The first kappa shape index (κ1) is 18.1. The van der Waals surface area contributed by atoms with E-state index in [9.17, 15) is 19.2 Å². The van der Waals surface area contributed by atoms with Gasteiger partial charge in [0.1, 0.15) is 0 Å². The summed E-state index contributed by atoms with van der Waals surface area (Å²) < 4.78 is 0. The van der Waals surface area contributed by atoms with Gasteiger partial charge in [-0.2, -0.15) is 0 Å². The lowest BCUT2D eigenvalue weighted by Crippen LogP contribution is -2.43. The molecule has 1 aliphatic heterocycles. The number of imide groups is 1. The van der Waals surface area contributed by atoms with Crippen LogP contribution in [0.5, 0.6) is 0 Å². The second kappa shape index (κ2) is 7.68. The standard InChI is InChI=1S/C19H23N3O4/c1-12-6-2-3-7-13(12)17(24)21-20-16(23)10-11-22-18(25)14-8-4-5-9-15(14)19(22)26/h2-3,6-7,14-15H,4-5,8-11H2,1H3,(H,20,23)(H,21,24)/t14-,15-/m0/s1. The molecule has 1 aromatic carbocycles. The highest BCUT2D eigenvalue weighted by Gasteiger charge is 2.47. The van der Waals surface area contributed by atoms with Gasteiger partial charge in [-0.15, -0.1) is 0 Å². The Balaban J connectivity index is 1.48. The normalized spacial score (nSPS) is 22.1. The molecule has 1 heterocycles. The van der Waals surface area contributed by atoms with Crippen molar-refractivity contribution in [3.63, 3.8) is 0 Å². The average molecular weight is 357 g/mol. The Kier molecular flexibility index (Phi) is 5.35. The molecular formula is C19H23N3O4. The van der Waals surface area contributed by atoms with E-state index in [0.717, 1.165) is 31.2 Å². The van der Waals surface area contributed by atoms with Gasteiger partial charge in [-0.3, -0.25) is 34.9 Å². The van der Waals surface area contributed by atoms with Crippen LogP contribution in [0.2, 0.25) is 0 Å². The largest absolute Gasteiger partial charge is 0.282 e. The summed E-state index contributed by atoms with van der Waals surface area (Å²) in [6, 6.07) is 7.04. The van der Waals surface area contributed by atoms with E-state index in [-0.39, 0.29) is 36.6 Å². The van der Waals surface area contributed by atoms with E-state index in [4.69, 9.17) is 0 Å². The summed E-state index contributed by atoms with van der Waals surface area (Å²) in [6.45, 7) is 1.86. The van der Waals surface area contributed by atoms with Crippen LogP contribution in [-0.4, -0.2) is 35.1 Å². The van der Waals surface area contributed by atoms with E-state index in [1.807, 2.05) is 6.07 Å². The first-order chi connectivity index (χ1) is 12.5. The summed E-state index contributed by atoms with van der Waals surface area (Å²) in [5.74, 6) is -1.58. The molecule has 2 aliphatic rings. The van der Waals surface area contributed by atoms with Crippen LogP contribution in [0.15, 0.2) is 24.3 Å². The maximum Gasteiger partial charge on any atom is 0.269 e. The van der Waals surface area contributed by atoms with Crippen molar-refractivity contribution in [3.8, 4) is 0 Å². The number of carbonyl (C=O) groups excluding carboxylic acids is 4. The zero-order chi connectivity index (χ0) is 18.7. The smallest absolute Gasteiger partial charge is 0.269 e. The molecule has 1 saturated heterocycles. The van der Waals surface area contributed by atoms with Crippen LogP contribution >= 0.6 is 0 Å². The van der Waals surface area contributed by atoms with Gasteiger partial charge >= 0.3 is 0 Å². The third-order valence-electron chi connectivity index (χ3n) is 5.20. The van der Waals surface area contributed by atoms with Crippen molar-refractivity contribution >= 4 is 23.6 Å². The van der Waals surface area contributed by atoms with Crippen LogP contribution in [0.4, 0.5) is 0 Å². The topological polar surface area (TPSA) is 95.6 Å². The number of likely N-dealkylation sites (tertiary alicyclic amines) is 1. The fourth-order valence-electron chi connectivity index (χ4n) is 3.75. The number of hydrogen-bond donors (Lipinski definition) is 2. The van der Waals surface area contributed by atoms with Gasteiger partial charge in [-0.25, -0.2) is 0 Å². The lowest BCUT2D eigenvalue weighted by molar-refractivity contribution is -0.140. The minimum Gasteiger partial charge on any atom is -0.282 e. The summed E-state index contributed by atoms with van der Waals surface area (Å²) in [4.78, 5) is 50.0. The molecule has 1 aromatic rings. The molecular weight excluding hydrogens is 334 g/mol. The minimum atomic E-state index is -0.442. The number of hydrazine groups is 1. The molecule has 1 saturated carbocycles. The van der Waals surface area contributed by atoms with Gasteiger partial charge in [-0.05, 0) is 31.4 Å². The molecule has 0 unspecified atom stereocenters. The van der Waals surface area contributed by atoms with Gasteiger partial charge in [0.2, 0.25) is 17.7 Å². The summed E-state index contributed by atoms with van der Waals surface area (Å²) in [5.41, 5.74) is 5.97. The maximum atomic E-state index is 12.4. The number of nitrogens with zero attached hydrogens (tertiary/aromatic N) is 1. The molecule has 0 radical (unpaired) electrons. The van der Waals surface area contributed by atoms with E-state index in [2.05, 4.69) is 10.9 Å². The minimum absolute atomic E-state index is 0.0367. The van der Waals surface area contributed by atoms with E-state index in [1.54, 1.807) is 25.1 Å². The van der Waals surface area contributed by atoms with Crippen molar-refractivity contribution in [2.75, 3.05) is 6.54 Å². The maximum absolute atomic E-state index is 12.4. The Morgan fingerprint density at radius 2 is 1.65 bits per heavy atom. The fourth-order valence-corrected chi connectivity index (χ4v) is 3.75. The molecule has 7 nitrogen and oxygen atoms in total. The number of carbonyl (C=O) groups is 4. The van der Waals surface area contributed by atoms with E-state index < -0.39 is 11.8 Å². The van der Waals surface area contributed by atoms with Crippen molar-refractivity contribution in [3.05, 3.63) is 35.4 Å². The molecule has 2 fully saturated rings. The number of hydrogen-bond acceptors (Lipinski definition) is 4. The first-order valence-corrected chi connectivity index (χ1v) is 8.99. The summed E-state index contributed by atoms with van der Waals surface area (Å²) >= 11 is 0. The second-order valence-electron chi connectivity index (χ2n) is 6.89. The van der Waals surface area contributed by atoms with Crippen molar-refractivity contribution in [1.82, 2.24) is 15.8 Å². The van der Waals surface area contributed by atoms with Crippen LogP contribution in [0, 0.1) is 18.8 Å². The molecule has 4 amide bonds. The van der Waals surface area contributed by atoms with Gasteiger partial charge in [0.25, 0.3) is 5.91 Å². The van der Waals surface area contributed by atoms with Crippen LogP contribution in [0.3, 0.4) is 0 Å². The van der Waals surface area contributed by atoms with Crippen LogP contribution in [0.1, 0.15) is 48.0 Å². The van der Waals surface area contributed by atoms with Crippen molar-refractivity contribution in [1.29, 1.82) is 0 Å². The molecule has 2 N–H and O–H groups in total. The Labute approximate surface area is 152 Å². The Morgan fingerprint density at radius 1 is 1.04 bits per heavy atom. The Morgan fingerprint density at radius 3 is 2.27 bits per heavy atom. The number of aryl methyl sites for hydroxylation is 1. The van der Waals surface area contributed by atoms with Crippen LogP contribution in [0.25, 0.3) is 0 Å². The van der Waals surface area contributed by atoms with Gasteiger partial charge in [-0.1, -0.05) is 31.0 Å². The molecule has 0 bridgehead atoms. The molecule has 3 rings (SSSR count). The van der Waals surface area contributed by atoms with E-state index in [0.29, 0.717) is 5.56 Å². The van der Waals surface area contributed by atoms with E-state index in [1.165, 1.54) is 4.90 Å². The first-order valence-electron chi connectivity index (χ1n) is 8.99. The third kappa shape index (κ3) is 3.61. The number of amides is 4. The van der Waals surface area contributed by atoms with Crippen LogP contribution < -0.4 is 10.9 Å². The molecule has 0 spiro atoms. The lowest BCUT2D eigenvalue weighted by atomic mass is 9.81. The predicted octanol–water partition coefficient (Wildman–Crippen LogP) is 1.32. The number of benzene rings is 1. The Bertz CT molecular complexity index is 722. The Hall–Kier alpha value is -2.70. The average Bonchev–Trinajstić information content (AvgIpc) is 2.89. The third-order valence-corrected chi connectivity index (χ3v) is 5.20. The number of fused-ring (bicyclic) bond motifs is 1. The zero-order valence-electron chi connectivity index (χ0n) is 14.8. The SMILES string of the molecule is Cc1ccccc1C(=O)NNC(=O)CCN1C(=O)[C@H]2CCCC[C@@H]2C1=O. The fraction of sp³-hybridized carbons (Fsp3) is 0.474. The molecule has 1 aliphatic carbocycles. The quantitative estimate of drug-likeness (QED) is 0.627. The highest BCUT2D eigenvalue weighted by molar-refractivity contribution is 6.05. The van der Waals surface area contributed by atoms with E-state index >= 15 is 0 Å². The van der Waals surface area contributed by atoms with Crippen molar-refractivity contribution in [2.24, 2.45) is 11.8 Å². The summed E-state index contributed by atoms with van der Waals surface area (Å²) in [5, 5.41) is 0. The van der Waals surface area contributed by atoms with Crippen LogP contribution in [-0.2, 0) is 14.4 Å². The van der Waals surface area contributed by atoms with Gasteiger partial charge < -0.3 is 0 Å². The zero-order valence-corrected chi connectivity index (χ0v) is 14.8. The number of nitrogens with one attached hydrogen (secondary N) is 2. The highest BCUT2D eigenvalue weighted by Crippen LogP contribution is 2.37. The monoisotopic (exact) mass is 357 g/mol. The van der Waals surface area contributed by atoms with Gasteiger partial charge in [0.15, 0.2) is 0 Å². The highest BCUT2D eigenvalue weighted by atomic mass is 16.2. The van der Waals surface area contributed by atoms with Gasteiger partial charge in [0.05, 0.1) is 11.8 Å². The molecule has 7 heteroatoms. The molecule has 138 valence electrons.